The Balaban J connectivity index is 1.26. The van der Waals surface area contributed by atoms with E-state index >= 15 is 0 Å². The average Bonchev–Trinajstić information content (AvgIpc) is 3.56. The molecule has 3 heterocycles. The molecule has 4 fully saturated rings. The lowest BCUT2D eigenvalue weighted by Crippen LogP contribution is -2.53. The topological polar surface area (TPSA) is 91.0 Å². The van der Waals surface area contributed by atoms with Gasteiger partial charge in [0.25, 0.3) is 5.91 Å². The van der Waals surface area contributed by atoms with Crippen LogP contribution in [-0.4, -0.2) is 91.0 Å². The standard InChI is InChI=1S/C29H42N4O4/c1-29(2,3)15-22(28(36)33-16-23(30-4)26-25(33)24(34)17-37-26)31-27(35)20-7-5-18(6-8-20)19-11-13-32(14-12-19)21-9-10-21/h5-8,19,21-23,25-26,30H,9-17H2,1-4H3,(H,31,35)/t22?,23-,25+,26+/m0/s1. The van der Waals surface area contributed by atoms with E-state index in [1.54, 1.807) is 4.90 Å². The zero-order chi connectivity index (χ0) is 26.3. The van der Waals surface area contributed by atoms with Crippen molar-refractivity contribution in [2.24, 2.45) is 5.41 Å². The minimum Gasteiger partial charge on any atom is -0.366 e. The fourth-order valence-electron chi connectivity index (χ4n) is 6.34. The number of nitrogens with zero attached hydrogens (tertiary/aromatic N) is 2. The van der Waals surface area contributed by atoms with E-state index in [0.29, 0.717) is 24.4 Å². The highest BCUT2D eigenvalue weighted by Crippen LogP contribution is 2.35. The fraction of sp³-hybridized carbons (Fsp3) is 0.690. The Kier molecular flexibility index (Phi) is 7.44. The van der Waals surface area contributed by atoms with E-state index < -0.39 is 12.1 Å². The van der Waals surface area contributed by atoms with Crippen LogP contribution in [0.1, 0.15) is 74.7 Å². The normalized spacial score (nSPS) is 27.8. The summed E-state index contributed by atoms with van der Waals surface area (Å²) in [6, 6.07) is 7.33. The molecule has 2 N–H and O–H groups in total. The van der Waals surface area contributed by atoms with Gasteiger partial charge < -0.3 is 25.2 Å². The average molecular weight is 511 g/mol. The number of carbonyl (C=O) groups excluding carboxylic acids is 3. The molecule has 8 nitrogen and oxygen atoms in total. The Morgan fingerprint density at radius 1 is 1.08 bits per heavy atom. The zero-order valence-electron chi connectivity index (χ0n) is 22.7. The van der Waals surface area contributed by atoms with E-state index in [9.17, 15) is 14.4 Å². The first-order valence-corrected chi connectivity index (χ1v) is 13.9. The number of hydrogen-bond donors (Lipinski definition) is 2. The number of benzene rings is 1. The largest absolute Gasteiger partial charge is 0.366 e. The second-order valence-corrected chi connectivity index (χ2v) is 12.5. The van der Waals surface area contributed by atoms with Crippen LogP contribution < -0.4 is 10.6 Å². The van der Waals surface area contributed by atoms with Crippen molar-refractivity contribution >= 4 is 17.6 Å². The molecule has 3 saturated heterocycles. The number of piperidine rings is 1. The fourth-order valence-corrected chi connectivity index (χ4v) is 6.34. The van der Waals surface area contributed by atoms with Crippen LogP contribution in [0.25, 0.3) is 0 Å². The predicted molar refractivity (Wildman–Crippen MR) is 141 cm³/mol. The van der Waals surface area contributed by atoms with Crippen molar-refractivity contribution in [2.75, 3.05) is 33.3 Å². The van der Waals surface area contributed by atoms with Gasteiger partial charge >= 0.3 is 0 Å². The third-order valence-electron chi connectivity index (χ3n) is 8.50. The van der Waals surface area contributed by atoms with Crippen molar-refractivity contribution in [3.05, 3.63) is 35.4 Å². The Hall–Kier alpha value is -2.29. The molecule has 37 heavy (non-hydrogen) atoms. The number of carbonyl (C=O) groups is 3. The second-order valence-electron chi connectivity index (χ2n) is 12.5. The van der Waals surface area contributed by atoms with Crippen LogP contribution >= 0.6 is 0 Å². The summed E-state index contributed by atoms with van der Waals surface area (Å²) in [4.78, 5) is 43.8. The van der Waals surface area contributed by atoms with Gasteiger partial charge in [0.05, 0.1) is 6.04 Å². The van der Waals surface area contributed by atoms with Gasteiger partial charge in [-0.2, -0.15) is 0 Å². The summed E-state index contributed by atoms with van der Waals surface area (Å²) in [6.07, 6.45) is 5.17. The molecular weight excluding hydrogens is 468 g/mol. The number of nitrogens with one attached hydrogen (secondary N) is 2. The Morgan fingerprint density at radius 2 is 1.76 bits per heavy atom. The minimum absolute atomic E-state index is 0.0273. The third kappa shape index (κ3) is 5.76. The summed E-state index contributed by atoms with van der Waals surface area (Å²) in [5.41, 5.74) is 1.65. The molecule has 1 unspecified atom stereocenters. The van der Waals surface area contributed by atoms with E-state index in [2.05, 4.69) is 48.4 Å². The van der Waals surface area contributed by atoms with Crippen molar-refractivity contribution in [3.63, 3.8) is 0 Å². The van der Waals surface area contributed by atoms with Gasteiger partial charge in [0.1, 0.15) is 24.8 Å². The summed E-state index contributed by atoms with van der Waals surface area (Å²) < 4.78 is 5.69. The number of hydrogen-bond acceptors (Lipinski definition) is 6. The van der Waals surface area contributed by atoms with E-state index in [1.165, 1.54) is 18.4 Å². The van der Waals surface area contributed by atoms with E-state index in [4.69, 9.17) is 4.74 Å². The maximum atomic E-state index is 13.8. The molecule has 0 bridgehead atoms. The monoisotopic (exact) mass is 510 g/mol. The lowest BCUT2D eigenvalue weighted by Gasteiger charge is -2.32. The maximum Gasteiger partial charge on any atom is 0.251 e. The summed E-state index contributed by atoms with van der Waals surface area (Å²) in [6.45, 7) is 8.89. The lowest BCUT2D eigenvalue weighted by molar-refractivity contribution is -0.138. The van der Waals surface area contributed by atoms with Crippen LogP contribution in [0.3, 0.4) is 0 Å². The smallest absolute Gasteiger partial charge is 0.251 e. The molecule has 0 radical (unpaired) electrons. The van der Waals surface area contributed by atoms with Crippen molar-refractivity contribution in [2.45, 2.75) is 89.1 Å². The van der Waals surface area contributed by atoms with Gasteiger partial charge in [0, 0.05) is 18.2 Å². The van der Waals surface area contributed by atoms with Crippen molar-refractivity contribution in [1.82, 2.24) is 20.4 Å². The highest BCUT2D eigenvalue weighted by atomic mass is 16.5. The first-order valence-electron chi connectivity index (χ1n) is 13.9. The number of Topliss-reactive ketones (excluding diaryl/α,β-unsaturated/α-hetero) is 1. The molecule has 1 saturated carbocycles. The molecule has 5 rings (SSSR count). The quantitative estimate of drug-likeness (QED) is 0.585. The highest BCUT2D eigenvalue weighted by Gasteiger charge is 2.53. The summed E-state index contributed by atoms with van der Waals surface area (Å²) >= 11 is 0. The van der Waals surface area contributed by atoms with Gasteiger partial charge in [-0.1, -0.05) is 32.9 Å². The van der Waals surface area contributed by atoms with Crippen molar-refractivity contribution < 1.29 is 19.1 Å². The molecule has 4 aliphatic rings. The van der Waals surface area contributed by atoms with E-state index in [1.807, 2.05) is 19.2 Å². The lowest BCUT2D eigenvalue weighted by atomic mass is 9.87. The van der Waals surface area contributed by atoms with Gasteiger partial charge in [-0.3, -0.25) is 14.4 Å². The number of amides is 2. The molecule has 202 valence electrons. The number of ketones is 1. The number of rotatable bonds is 7. The first kappa shape index (κ1) is 26.3. The van der Waals surface area contributed by atoms with Gasteiger partial charge in [-0.05, 0) is 81.3 Å². The van der Waals surface area contributed by atoms with Crippen LogP contribution in [0.4, 0.5) is 0 Å². The van der Waals surface area contributed by atoms with Crippen molar-refractivity contribution in [3.8, 4) is 0 Å². The van der Waals surface area contributed by atoms with Crippen LogP contribution in [0.2, 0.25) is 0 Å². The molecule has 0 spiro atoms. The molecule has 4 atom stereocenters. The Morgan fingerprint density at radius 3 is 2.35 bits per heavy atom. The molecule has 8 heteroatoms. The van der Waals surface area contributed by atoms with Gasteiger partial charge in [0.15, 0.2) is 5.78 Å². The maximum absolute atomic E-state index is 13.8. The van der Waals surface area contributed by atoms with Crippen LogP contribution in [0.5, 0.6) is 0 Å². The van der Waals surface area contributed by atoms with Crippen molar-refractivity contribution in [1.29, 1.82) is 0 Å². The molecular formula is C29H42N4O4. The highest BCUT2D eigenvalue weighted by molar-refractivity contribution is 5.99. The second kappa shape index (κ2) is 10.5. The third-order valence-corrected chi connectivity index (χ3v) is 8.50. The van der Waals surface area contributed by atoms with Gasteiger partial charge in [0.2, 0.25) is 5.91 Å². The zero-order valence-corrected chi connectivity index (χ0v) is 22.7. The van der Waals surface area contributed by atoms with E-state index in [0.717, 1.165) is 32.0 Å². The molecule has 2 amide bonds. The summed E-state index contributed by atoms with van der Waals surface area (Å²) in [7, 11) is 1.82. The predicted octanol–water partition coefficient (Wildman–Crippen LogP) is 2.33. The van der Waals surface area contributed by atoms with E-state index in [-0.39, 0.29) is 41.8 Å². The number of fused-ring (bicyclic) bond motifs is 1. The minimum atomic E-state index is -0.719. The number of likely N-dealkylation sites (tertiary alicyclic amines) is 2. The molecule has 1 aliphatic carbocycles. The summed E-state index contributed by atoms with van der Waals surface area (Å²) in [5, 5.41) is 6.19. The number of ether oxygens (including phenoxy) is 1. The molecule has 0 aromatic heterocycles. The van der Waals surface area contributed by atoms with Crippen LogP contribution in [-0.2, 0) is 14.3 Å². The van der Waals surface area contributed by atoms with Crippen LogP contribution in [0.15, 0.2) is 24.3 Å². The number of likely N-dealkylation sites (N-methyl/N-ethyl adjacent to an activating group) is 1. The molecule has 3 aliphatic heterocycles. The summed E-state index contributed by atoms with van der Waals surface area (Å²) in [5.74, 6) is -0.00579. The van der Waals surface area contributed by atoms with Gasteiger partial charge in [-0.15, -0.1) is 0 Å². The van der Waals surface area contributed by atoms with Crippen LogP contribution in [0, 0.1) is 5.41 Å². The molecule has 1 aromatic carbocycles. The SMILES string of the molecule is CN[C@H]1CN(C(=O)C(CC(C)(C)C)NC(=O)c2ccc(C3CCN(C4CC4)CC3)cc2)[C@@H]2C(=O)CO[C@H]12. The Bertz CT molecular complexity index is 1010. The first-order chi connectivity index (χ1) is 17.6. The van der Waals surface area contributed by atoms with Gasteiger partial charge in [-0.25, -0.2) is 0 Å². The Labute approximate surface area is 220 Å². The molecule has 1 aromatic rings.